The Hall–Kier alpha value is -2.40. The van der Waals surface area contributed by atoms with Gasteiger partial charge >= 0.3 is 0 Å². The number of hydrogen-bond donors (Lipinski definition) is 1. The second-order valence-corrected chi connectivity index (χ2v) is 4.33. The smallest absolute Gasteiger partial charge is 0.199 e. The van der Waals surface area contributed by atoms with Crippen molar-refractivity contribution < 1.29 is 4.74 Å². The number of ether oxygens (including phenoxy) is 1. The van der Waals surface area contributed by atoms with Gasteiger partial charge in [0.15, 0.2) is 4.77 Å². The largest absolute Gasteiger partial charge is 0.457 e. The van der Waals surface area contributed by atoms with E-state index in [9.17, 15) is 0 Å². The molecule has 0 saturated carbocycles. The summed E-state index contributed by atoms with van der Waals surface area (Å²) in [6.07, 6.45) is 1.64. The molecule has 0 radical (unpaired) electrons. The van der Waals surface area contributed by atoms with E-state index < -0.39 is 0 Å². The molecule has 0 aliphatic rings. The highest BCUT2D eigenvalue weighted by molar-refractivity contribution is 7.71. The lowest BCUT2D eigenvalue weighted by atomic mass is 10.3. The van der Waals surface area contributed by atoms with E-state index in [0.717, 1.165) is 17.2 Å². The molecule has 0 saturated heterocycles. The molecule has 1 heterocycles. The van der Waals surface area contributed by atoms with Gasteiger partial charge in [-0.25, -0.2) is 0 Å². The number of nitrogens with one attached hydrogen (secondary N) is 1. The van der Waals surface area contributed by atoms with Crippen LogP contribution in [0.25, 0.3) is 5.69 Å². The van der Waals surface area contributed by atoms with E-state index in [4.69, 9.17) is 17.0 Å². The van der Waals surface area contributed by atoms with Gasteiger partial charge in [-0.2, -0.15) is 5.10 Å². The van der Waals surface area contributed by atoms with Crippen molar-refractivity contribution >= 4 is 12.2 Å². The van der Waals surface area contributed by atoms with Crippen molar-refractivity contribution in [1.82, 2.24) is 14.8 Å². The molecule has 0 aliphatic carbocycles. The van der Waals surface area contributed by atoms with Gasteiger partial charge in [-0.3, -0.25) is 9.67 Å². The fraction of sp³-hybridized carbons (Fsp3) is 0. The van der Waals surface area contributed by atoms with Crippen LogP contribution in [0.4, 0.5) is 0 Å². The zero-order chi connectivity index (χ0) is 13.1. The van der Waals surface area contributed by atoms with Crippen LogP contribution in [-0.2, 0) is 0 Å². The molecule has 1 N–H and O–H groups in total. The van der Waals surface area contributed by atoms with Crippen LogP contribution < -0.4 is 4.74 Å². The number of nitrogens with zero attached hydrogens (tertiary/aromatic N) is 2. The second kappa shape index (κ2) is 5.07. The summed E-state index contributed by atoms with van der Waals surface area (Å²) in [4.78, 5) is 0. The Kier molecular flexibility index (Phi) is 3.12. The van der Waals surface area contributed by atoms with E-state index in [1.165, 1.54) is 0 Å². The summed E-state index contributed by atoms with van der Waals surface area (Å²) in [5, 5.41) is 6.63. The van der Waals surface area contributed by atoms with Crippen molar-refractivity contribution in [2.24, 2.45) is 0 Å². The molecule has 5 heteroatoms. The Balaban J connectivity index is 1.93. The fourth-order valence-corrected chi connectivity index (χ4v) is 1.96. The molecule has 0 aliphatic heterocycles. The summed E-state index contributed by atoms with van der Waals surface area (Å²) in [5.41, 5.74) is 0.909. The van der Waals surface area contributed by atoms with Crippen LogP contribution in [0.15, 0.2) is 60.9 Å². The summed E-state index contributed by atoms with van der Waals surface area (Å²) in [6, 6.07) is 17.3. The van der Waals surface area contributed by atoms with E-state index >= 15 is 0 Å². The Bertz CT molecular complexity index is 733. The number of rotatable bonds is 3. The molecule has 1 aromatic heterocycles. The van der Waals surface area contributed by atoms with Gasteiger partial charge < -0.3 is 4.74 Å². The van der Waals surface area contributed by atoms with E-state index in [0.29, 0.717) is 4.77 Å². The molecule has 0 spiro atoms. The maximum atomic E-state index is 5.78. The zero-order valence-electron chi connectivity index (χ0n) is 9.98. The third kappa shape index (κ3) is 2.56. The van der Waals surface area contributed by atoms with E-state index in [-0.39, 0.29) is 0 Å². The van der Waals surface area contributed by atoms with Crippen LogP contribution >= 0.6 is 12.2 Å². The topological polar surface area (TPSA) is 42.8 Å². The van der Waals surface area contributed by atoms with Gasteiger partial charge in [0.05, 0.1) is 5.69 Å². The monoisotopic (exact) mass is 269 g/mol. The molecule has 3 aromatic rings. The van der Waals surface area contributed by atoms with Crippen LogP contribution in [0.5, 0.6) is 11.5 Å². The average Bonchev–Trinajstić information content (AvgIpc) is 2.86. The molecule has 0 amide bonds. The highest BCUT2D eigenvalue weighted by atomic mass is 32.1. The average molecular weight is 269 g/mol. The van der Waals surface area contributed by atoms with Gasteiger partial charge in [-0.15, -0.1) is 0 Å². The first-order valence-corrected chi connectivity index (χ1v) is 6.19. The predicted molar refractivity (Wildman–Crippen MR) is 75.3 cm³/mol. The Morgan fingerprint density at radius 1 is 1.00 bits per heavy atom. The summed E-state index contributed by atoms with van der Waals surface area (Å²) < 4.78 is 8.12. The van der Waals surface area contributed by atoms with E-state index in [2.05, 4.69) is 10.2 Å². The minimum Gasteiger partial charge on any atom is -0.457 e. The number of para-hydroxylation sites is 1. The lowest BCUT2D eigenvalue weighted by Crippen LogP contribution is -1.93. The maximum Gasteiger partial charge on any atom is 0.199 e. The predicted octanol–water partition coefficient (Wildman–Crippen LogP) is 3.72. The molecular weight excluding hydrogens is 258 g/mol. The van der Waals surface area contributed by atoms with Gasteiger partial charge in [0, 0.05) is 6.07 Å². The Morgan fingerprint density at radius 2 is 1.79 bits per heavy atom. The number of aromatic nitrogens is 3. The molecule has 3 rings (SSSR count). The highest BCUT2D eigenvalue weighted by Gasteiger charge is 2.01. The van der Waals surface area contributed by atoms with Crippen molar-refractivity contribution in [2.75, 3.05) is 0 Å². The summed E-state index contributed by atoms with van der Waals surface area (Å²) in [5.74, 6) is 1.56. The van der Waals surface area contributed by atoms with Gasteiger partial charge in [0.25, 0.3) is 0 Å². The second-order valence-electron chi connectivity index (χ2n) is 3.94. The molecule has 94 valence electrons. The minimum absolute atomic E-state index is 0.553. The van der Waals surface area contributed by atoms with E-state index in [1.807, 2.05) is 54.6 Å². The van der Waals surface area contributed by atoms with E-state index in [1.54, 1.807) is 10.9 Å². The SMILES string of the molecule is S=c1[nH]ncn1-c1cccc(Oc2ccccc2)c1. The molecule has 0 atom stereocenters. The first-order valence-electron chi connectivity index (χ1n) is 5.78. The van der Waals surface area contributed by atoms with Gasteiger partial charge in [0.2, 0.25) is 0 Å². The number of benzene rings is 2. The molecule has 19 heavy (non-hydrogen) atoms. The summed E-state index contributed by atoms with van der Waals surface area (Å²) >= 11 is 5.14. The molecule has 0 unspecified atom stereocenters. The van der Waals surface area contributed by atoms with Gasteiger partial charge in [-0.05, 0) is 36.5 Å². The molecule has 4 nitrogen and oxygen atoms in total. The highest BCUT2D eigenvalue weighted by Crippen LogP contribution is 2.23. The van der Waals surface area contributed by atoms with Crippen LogP contribution in [0.3, 0.4) is 0 Å². The van der Waals surface area contributed by atoms with Crippen LogP contribution in [0.2, 0.25) is 0 Å². The van der Waals surface area contributed by atoms with Crippen LogP contribution in [0, 0.1) is 4.77 Å². The van der Waals surface area contributed by atoms with Crippen molar-refractivity contribution in [1.29, 1.82) is 0 Å². The van der Waals surface area contributed by atoms with Crippen molar-refractivity contribution in [3.05, 3.63) is 65.7 Å². The van der Waals surface area contributed by atoms with Crippen molar-refractivity contribution in [2.45, 2.75) is 0 Å². The minimum atomic E-state index is 0.553. The molecule has 0 fully saturated rings. The molecule has 2 aromatic carbocycles. The lowest BCUT2D eigenvalue weighted by molar-refractivity contribution is 0.482. The maximum absolute atomic E-state index is 5.78. The van der Waals surface area contributed by atoms with Crippen molar-refractivity contribution in [3.63, 3.8) is 0 Å². The Morgan fingerprint density at radius 3 is 2.53 bits per heavy atom. The van der Waals surface area contributed by atoms with Crippen LogP contribution in [0.1, 0.15) is 0 Å². The lowest BCUT2D eigenvalue weighted by Gasteiger charge is -2.07. The van der Waals surface area contributed by atoms with Crippen LogP contribution in [-0.4, -0.2) is 14.8 Å². The first-order chi connectivity index (χ1) is 9.33. The zero-order valence-corrected chi connectivity index (χ0v) is 10.8. The normalized spacial score (nSPS) is 10.3. The molecular formula is C14H11N3OS. The number of H-pyrrole nitrogens is 1. The third-order valence-electron chi connectivity index (χ3n) is 2.63. The van der Waals surface area contributed by atoms with Crippen molar-refractivity contribution in [3.8, 4) is 17.2 Å². The van der Waals surface area contributed by atoms with Gasteiger partial charge in [-0.1, -0.05) is 24.3 Å². The first kappa shape index (κ1) is 11.7. The number of hydrogen-bond acceptors (Lipinski definition) is 3. The summed E-state index contributed by atoms with van der Waals surface area (Å²) in [6.45, 7) is 0. The molecule has 0 bridgehead atoms. The number of aromatic amines is 1. The fourth-order valence-electron chi connectivity index (χ4n) is 1.75. The van der Waals surface area contributed by atoms with Gasteiger partial charge in [0.1, 0.15) is 17.8 Å². The summed E-state index contributed by atoms with van der Waals surface area (Å²) in [7, 11) is 0. The standard InChI is InChI=1S/C14H11N3OS/c19-14-16-15-10-17(14)11-5-4-8-13(9-11)18-12-6-2-1-3-7-12/h1-10H,(H,16,19). The third-order valence-corrected chi connectivity index (χ3v) is 2.91. The quantitative estimate of drug-likeness (QED) is 0.737. The Labute approximate surface area is 115 Å².